The fraction of sp³-hybridized carbons (Fsp3) is 0.929. The van der Waals surface area contributed by atoms with Crippen LogP contribution in [0.25, 0.3) is 0 Å². The number of hydrogen-bond acceptors (Lipinski definition) is 3. The molecule has 1 atom stereocenters. The highest BCUT2D eigenvalue weighted by Gasteiger charge is 2.16. The Labute approximate surface area is 111 Å². The monoisotopic (exact) mass is 256 g/mol. The Morgan fingerprint density at radius 1 is 1.33 bits per heavy atom. The fourth-order valence-electron chi connectivity index (χ4n) is 2.09. The average molecular weight is 256 g/mol. The van der Waals surface area contributed by atoms with Gasteiger partial charge >= 0.3 is 0 Å². The first-order valence-electron chi connectivity index (χ1n) is 7.00. The number of ether oxygens (including phenoxy) is 1. The Morgan fingerprint density at radius 2 is 1.94 bits per heavy atom. The quantitative estimate of drug-likeness (QED) is 0.785. The molecule has 1 unspecified atom stereocenters. The van der Waals surface area contributed by atoms with Crippen molar-refractivity contribution in [3.05, 3.63) is 0 Å². The zero-order valence-corrected chi connectivity index (χ0v) is 12.3. The van der Waals surface area contributed by atoms with E-state index in [2.05, 4.69) is 17.1 Å². The number of hydrogen-bond donors (Lipinski definition) is 1. The van der Waals surface area contributed by atoms with Crippen LogP contribution in [0.5, 0.6) is 0 Å². The summed E-state index contributed by atoms with van der Waals surface area (Å²) in [5.74, 6) is 0.486. The van der Waals surface area contributed by atoms with Crippen LogP contribution in [0.15, 0.2) is 0 Å². The molecule has 1 aliphatic rings. The first-order valence-corrected chi connectivity index (χ1v) is 7.00. The first kappa shape index (κ1) is 15.4. The molecule has 1 rings (SSSR count). The third-order valence-electron chi connectivity index (χ3n) is 3.05. The number of amides is 1. The summed E-state index contributed by atoms with van der Waals surface area (Å²) in [6, 6.07) is 0. The molecule has 1 N–H and O–H groups in total. The lowest BCUT2D eigenvalue weighted by Crippen LogP contribution is -2.37. The van der Waals surface area contributed by atoms with Crippen LogP contribution in [0.2, 0.25) is 0 Å². The summed E-state index contributed by atoms with van der Waals surface area (Å²) in [6.45, 7) is 12.5. The van der Waals surface area contributed by atoms with Gasteiger partial charge in [-0.2, -0.15) is 0 Å². The molecule has 0 aromatic rings. The van der Waals surface area contributed by atoms with Crippen molar-refractivity contribution in [1.29, 1.82) is 0 Å². The van der Waals surface area contributed by atoms with E-state index in [0.29, 0.717) is 5.92 Å². The molecule has 18 heavy (non-hydrogen) atoms. The van der Waals surface area contributed by atoms with Gasteiger partial charge in [0.25, 0.3) is 0 Å². The molecule has 0 aliphatic carbocycles. The summed E-state index contributed by atoms with van der Waals surface area (Å²) in [7, 11) is 0. The van der Waals surface area contributed by atoms with Crippen LogP contribution < -0.4 is 5.32 Å². The SMILES string of the molecule is CC(CNC(=O)COC(C)(C)C)CN1CCCC1. The Morgan fingerprint density at radius 3 is 2.50 bits per heavy atom. The van der Waals surface area contributed by atoms with E-state index in [9.17, 15) is 4.79 Å². The largest absolute Gasteiger partial charge is 0.366 e. The van der Waals surface area contributed by atoms with Gasteiger partial charge in [-0.3, -0.25) is 4.79 Å². The average Bonchev–Trinajstić information content (AvgIpc) is 2.75. The van der Waals surface area contributed by atoms with Crippen LogP contribution in [-0.4, -0.2) is 49.2 Å². The van der Waals surface area contributed by atoms with Crippen molar-refractivity contribution in [2.24, 2.45) is 5.92 Å². The van der Waals surface area contributed by atoms with Crippen LogP contribution in [0.4, 0.5) is 0 Å². The topological polar surface area (TPSA) is 41.6 Å². The van der Waals surface area contributed by atoms with Crippen molar-refractivity contribution in [3.8, 4) is 0 Å². The maximum atomic E-state index is 11.6. The van der Waals surface area contributed by atoms with Gasteiger partial charge in [0.2, 0.25) is 5.91 Å². The number of likely N-dealkylation sites (tertiary alicyclic amines) is 1. The molecule has 0 saturated carbocycles. The maximum Gasteiger partial charge on any atom is 0.246 e. The highest BCUT2D eigenvalue weighted by molar-refractivity contribution is 5.77. The number of nitrogens with one attached hydrogen (secondary N) is 1. The maximum absolute atomic E-state index is 11.6. The zero-order valence-electron chi connectivity index (χ0n) is 12.3. The highest BCUT2D eigenvalue weighted by atomic mass is 16.5. The van der Waals surface area contributed by atoms with Gasteiger partial charge in [-0.15, -0.1) is 0 Å². The van der Waals surface area contributed by atoms with Crippen molar-refractivity contribution in [1.82, 2.24) is 10.2 Å². The summed E-state index contributed by atoms with van der Waals surface area (Å²) in [5, 5.41) is 2.94. The summed E-state index contributed by atoms with van der Waals surface area (Å²) in [4.78, 5) is 14.1. The lowest BCUT2D eigenvalue weighted by Gasteiger charge is -2.21. The van der Waals surface area contributed by atoms with Gasteiger partial charge in [0.05, 0.1) is 5.60 Å². The summed E-state index contributed by atoms with van der Waals surface area (Å²) in [6.07, 6.45) is 2.64. The Balaban J connectivity index is 2.09. The third kappa shape index (κ3) is 6.97. The van der Waals surface area contributed by atoms with Crippen LogP contribution in [0, 0.1) is 5.92 Å². The van der Waals surface area contributed by atoms with Gasteiger partial charge in [-0.05, 0) is 52.6 Å². The number of nitrogens with zero attached hydrogens (tertiary/aromatic N) is 1. The molecule has 1 saturated heterocycles. The van der Waals surface area contributed by atoms with Crippen molar-refractivity contribution in [2.75, 3.05) is 32.8 Å². The third-order valence-corrected chi connectivity index (χ3v) is 3.05. The molecular formula is C14H28N2O2. The normalized spacial score (nSPS) is 18.9. The highest BCUT2D eigenvalue weighted by Crippen LogP contribution is 2.09. The zero-order chi connectivity index (χ0) is 13.6. The smallest absolute Gasteiger partial charge is 0.246 e. The molecule has 1 amide bonds. The first-order chi connectivity index (χ1) is 8.37. The van der Waals surface area contributed by atoms with Crippen molar-refractivity contribution in [2.45, 2.75) is 46.1 Å². The molecule has 0 spiro atoms. The molecule has 0 aromatic carbocycles. The van der Waals surface area contributed by atoms with E-state index < -0.39 is 0 Å². The minimum Gasteiger partial charge on any atom is -0.366 e. The molecule has 106 valence electrons. The van der Waals surface area contributed by atoms with E-state index in [1.54, 1.807) is 0 Å². The Bertz CT molecular complexity index is 255. The second kappa shape index (κ2) is 7.10. The number of rotatable bonds is 6. The van der Waals surface area contributed by atoms with Gasteiger partial charge in [-0.1, -0.05) is 6.92 Å². The van der Waals surface area contributed by atoms with Crippen molar-refractivity contribution >= 4 is 5.91 Å². The van der Waals surface area contributed by atoms with Gasteiger partial charge < -0.3 is 15.0 Å². The van der Waals surface area contributed by atoms with E-state index in [1.165, 1.54) is 25.9 Å². The summed E-state index contributed by atoms with van der Waals surface area (Å²) >= 11 is 0. The predicted molar refractivity (Wildman–Crippen MR) is 73.6 cm³/mol. The fourth-order valence-corrected chi connectivity index (χ4v) is 2.09. The predicted octanol–water partition coefficient (Wildman–Crippen LogP) is 1.65. The molecule has 4 heteroatoms. The molecule has 4 nitrogen and oxygen atoms in total. The second-order valence-electron chi connectivity index (χ2n) is 6.32. The van der Waals surface area contributed by atoms with Crippen LogP contribution in [0.3, 0.4) is 0 Å². The van der Waals surface area contributed by atoms with Gasteiger partial charge in [-0.25, -0.2) is 0 Å². The van der Waals surface area contributed by atoms with E-state index in [-0.39, 0.29) is 18.1 Å². The van der Waals surface area contributed by atoms with Crippen LogP contribution >= 0.6 is 0 Å². The van der Waals surface area contributed by atoms with Crippen molar-refractivity contribution < 1.29 is 9.53 Å². The van der Waals surface area contributed by atoms with E-state index in [0.717, 1.165) is 13.1 Å². The molecule has 1 heterocycles. The molecular weight excluding hydrogens is 228 g/mol. The number of carbonyl (C=O) groups is 1. The second-order valence-corrected chi connectivity index (χ2v) is 6.32. The van der Waals surface area contributed by atoms with Gasteiger partial charge in [0, 0.05) is 13.1 Å². The summed E-state index contributed by atoms with van der Waals surface area (Å²) < 4.78 is 5.43. The molecule has 0 aromatic heterocycles. The lowest BCUT2D eigenvalue weighted by atomic mass is 10.1. The van der Waals surface area contributed by atoms with Gasteiger partial charge in [0.1, 0.15) is 6.61 Å². The van der Waals surface area contributed by atoms with Gasteiger partial charge in [0.15, 0.2) is 0 Å². The van der Waals surface area contributed by atoms with Crippen LogP contribution in [0.1, 0.15) is 40.5 Å². The Kier molecular flexibility index (Phi) is 6.09. The molecule has 1 aliphatic heterocycles. The Hall–Kier alpha value is -0.610. The van der Waals surface area contributed by atoms with E-state index in [4.69, 9.17) is 4.74 Å². The molecule has 0 bridgehead atoms. The molecule has 0 radical (unpaired) electrons. The molecule has 1 fully saturated rings. The van der Waals surface area contributed by atoms with Crippen LogP contribution in [-0.2, 0) is 9.53 Å². The minimum absolute atomic E-state index is 0.0156. The van der Waals surface area contributed by atoms with Crippen molar-refractivity contribution in [3.63, 3.8) is 0 Å². The number of carbonyl (C=O) groups excluding carboxylic acids is 1. The lowest BCUT2D eigenvalue weighted by molar-refractivity contribution is -0.130. The minimum atomic E-state index is -0.251. The van der Waals surface area contributed by atoms with E-state index >= 15 is 0 Å². The van der Waals surface area contributed by atoms with E-state index in [1.807, 2.05) is 20.8 Å². The standard InChI is InChI=1S/C14H28N2O2/c1-12(10-16-7-5-6-8-16)9-15-13(17)11-18-14(2,3)4/h12H,5-11H2,1-4H3,(H,15,17). The summed E-state index contributed by atoms with van der Waals surface area (Å²) in [5.41, 5.74) is -0.251.